The molecule has 5 heteroatoms. The average molecular weight is 462 g/mol. The summed E-state index contributed by atoms with van der Waals surface area (Å²) in [6.07, 6.45) is 14.1. The molecule has 0 aliphatic heterocycles. The molecule has 3 nitrogen and oxygen atoms in total. The predicted molar refractivity (Wildman–Crippen MR) is 96.8 cm³/mol. The van der Waals surface area contributed by atoms with Crippen LogP contribution in [0.2, 0.25) is 0 Å². The Kier molecular flexibility index (Phi) is 14.8. The van der Waals surface area contributed by atoms with Crippen LogP contribution in [-0.2, 0) is 14.3 Å². The van der Waals surface area contributed by atoms with Crippen molar-refractivity contribution in [2.24, 2.45) is 0 Å². The molecular weight excluding hydrogens is 434 g/mol. The molecule has 0 aliphatic carbocycles. The van der Waals surface area contributed by atoms with Crippen molar-refractivity contribution < 1.29 is 12.6 Å². The largest absolute Gasteiger partial charge is 0.387 e. The van der Waals surface area contributed by atoms with Crippen LogP contribution < -0.4 is 0 Å². The first kappa shape index (κ1) is 23.3. The fourth-order valence-electron chi connectivity index (χ4n) is 2.22. The van der Waals surface area contributed by atoms with Crippen molar-refractivity contribution in [1.29, 1.82) is 0 Å². The molecule has 0 fully saturated rings. The summed E-state index contributed by atoms with van der Waals surface area (Å²) in [6, 6.07) is 8.20. The van der Waals surface area contributed by atoms with Crippen molar-refractivity contribution >= 4 is 59.0 Å². The van der Waals surface area contributed by atoms with Crippen LogP contribution in [0.4, 0.5) is 0 Å². The van der Waals surface area contributed by atoms with Gasteiger partial charge >= 0.3 is 10.1 Å². The van der Waals surface area contributed by atoms with Crippen molar-refractivity contribution in [3.05, 3.63) is 42.7 Å². The standard InChI is InChI=1S/C18H28O3S.Ba/c1-2-3-4-5-6-7-8-9-10-14-17-21-22(19,20)18-15-12-11-13-16-18;/h11-17H,2-10H2,1H3;. The van der Waals surface area contributed by atoms with Crippen LogP contribution in [0.1, 0.15) is 64.7 Å². The molecule has 0 aliphatic rings. The van der Waals surface area contributed by atoms with E-state index in [4.69, 9.17) is 4.18 Å². The molecule has 0 amide bonds. The zero-order valence-electron chi connectivity index (χ0n) is 14.2. The number of allylic oxidation sites excluding steroid dienone is 1. The zero-order valence-corrected chi connectivity index (χ0v) is 19.5. The maximum absolute atomic E-state index is 11.8. The van der Waals surface area contributed by atoms with E-state index in [-0.39, 0.29) is 53.8 Å². The van der Waals surface area contributed by atoms with Gasteiger partial charge in [0.25, 0.3) is 0 Å². The summed E-state index contributed by atoms with van der Waals surface area (Å²) in [4.78, 5) is 0.187. The Morgan fingerprint density at radius 1 is 0.913 bits per heavy atom. The number of hydrogen-bond acceptors (Lipinski definition) is 3. The summed E-state index contributed by atoms with van der Waals surface area (Å²) in [5, 5.41) is 0. The van der Waals surface area contributed by atoms with Gasteiger partial charge in [-0.15, -0.1) is 0 Å². The van der Waals surface area contributed by atoms with Gasteiger partial charge in [0.05, 0.1) is 0 Å². The normalized spacial score (nSPS) is 11.3. The molecule has 1 aromatic rings. The molecule has 0 atom stereocenters. The van der Waals surface area contributed by atoms with E-state index >= 15 is 0 Å². The minimum atomic E-state index is -3.66. The summed E-state index contributed by atoms with van der Waals surface area (Å²) in [6.45, 7) is 2.23. The quantitative estimate of drug-likeness (QED) is 0.189. The zero-order chi connectivity index (χ0) is 16.1. The van der Waals surface area contributed by atoms with E-state index in [1.807, 2.05) is 0 Å². The van der Waals surface area contributed by atoms with Crippen molar-refractivity contribution in [2.45, 2.75) is 69.6 Å². The molecule has 0 bridgehead atoms. The third-order valence-electron chi connectivity index (χ3n) is 3.53. The summed E-state index contributed by atoms with van der Waals surface area (Å²) in [5.41, 5.74) is 0. The van der Waals surface area contributed by atoms with Crippen molar-refractivity contribution in [2.75, 3.05) is 0 Å². The van der Waals surface area contributed by atoms with Gasteiger partial charge in [0, 0.05) is 48.9 Å². The van der Waals surface area contributed by atoms with E-state index in [0.29, 0.717) is 0 Å². The maximum Gasteiger partial charge on any atom is 0.338 e. The first-order valence-corrected chi connectivity index (χ1v) is 9.71. The van der Waals surface area contributed by atoms with Crippen LogP contribution in [0, 0.1) is 0 Å². The monoisotopic (exact) mass is 462 g/mol. The third-order valence-corrected chi connectivity index (χ3v) is 4.75. The average Bonchev–Trinajstić information content (AvgIpc) is 2.53. The SMILES string of the molecule is CCCCCCCCCCC=COS(=O)(=O)c1ccccc1.[Ba]. The molecule has 0 aromatic heterocycles. The fourth-order valence-corrected chi connectivity index (χ4v) is 3.05. The van der Waals surface area contributed by atoms with E-state index in [1.165, 1.54) is 63.3 Å². The van der Waals surface area contributed by atoms with Gasteiger partial charge in [-0.25, -0.2) is 0 Å². The van der Waals surface area contributed by atoms with E-state index in [0.717, 1.165) is 12.8 Å². The fraction of sp³-hybridized carbons (Fsp3) is 0.556. The molecule has 0 saturated heterocycles. The maximum atomic E-state index is 11.8. The Bertz CT molecular complexity index is 512. The van der Waals surface area contributed by atoms with Gasteiger partial charge in [-0.2, -0.15) is 8.42 Å². The van der Waals surface area contributed by atoms with Crippen molar-refractivity contribution in [1.82, 2.24) is 0 Å². The summed E-state index contributed by atoms with van der Waals surface area (Å²) >= 11 is 0. The van der Waals surface area contributed by atoms with Gasteiger partial charge in [-0.1, -0.05) is 70.1 Å². The molecule has 2 radical (unpaired) electrons. The van der Waals surface area contributed by atoms with Crippen LogP contribution in [0.25, 0.3) is 0 Å². The van der Waals surface area contributed by atoms with E-state index < -0.39 is 10.1 Å². The van der Waals surface area contributed by atoms with Gasteiger partial charge in [-0.05, 0) is 31.1 Å². The van der Waals surface area contributed by atoms with Crippen molar-refractivity contribution in [3.63, 3.8) is 0 Å². The van der Waals surface area contributed by atoms with Crippen LogP contribution in [0.15, 0.2) is 47.6 Å². The van der Waals surface area contributed by atoms with Gasteiger partial charge < -0.3 is 4.18 Å². The Hall–Kier alpha value is 0.281. The second-order valence-electron chi connectivity index (χ2n) is 5.50. The van der Waals surface area contributed by atoms with Crippen molar-refractivity contribution in [3.8, 4) is 0 Å². The Morgan fingerprint density at radius 3 is 2.09 bits per heavy atom. The Morgan fingerprint density at radius 2 is 1.48 bits per heavy atom. The molecule has 0 heterocycles. The van der Waals surface area contributed by atoms with E-state index in [1.54, 1.807) is 24.3 Å². The van der Waals surface area contributed by atoms with Crippen LogP contribution in [0.3, 0.4) is 0 Å². The van der Waals surface area contributed by atoms with Gasteiger partial charge in [-0.3, -0.25) is 0 Å². The van der Waals surface area contributed by atoms with Gasteiger partial charge in [0.1, 0.15) is 11.2 Å². The molecule has 23 heavy (non-hydrogen) atoms. The summed E-state index contributed by atoms with van der Waals surface area (Å²) in [7, 11) is -3.66. The number of hydrogen-bond donors (Lipinski definition) is 0. The number of unbranched alkanes of at least 4 members (excludes halogenated alkanes) is 8. The minimum Gasteiger partial charge on any atom is -0.387 e. The van der Waals surface area contributed by atoms with Crippen LogP contribution in [-0.4, -0.2) is 57.3 Å². The summed E-state index contributed by atoms with van der Waals surface area (Å²) < 4.78 is 28.5. The first-order chi connectivity index (χ1) is 10.7. The van der Waals surface area contributed by atoms with Crippen LogP contribution >= 0.6 is 0 Å². The Balaban J connectivity index is 0.00000484. The number of rotatable bonds is 12. The predicted octanol–water partition coefficient (Wildman–Crippen LogP) is 5.06. The molecule has 1 aromatic carbocycles. The van der Waals surface area contributed by atoms with E-state index in [9.17, 15) is 8.42 Å². The number of benzene rings is 1. The second-order valence-corrected chi connectivity index (χ2v) is 7.07. The first-order valence-electron chi connectivity index (χ1n) is 8.30. The Labute approximate surface area is 182 Å². The van der Waals surface area contributed by atoms with Crippen LogP contribution in [0.5, 0.6) is 0 Å². The van der Waals surface area contributed by atoms with Gasteiger partial charge in [0.15, 0.2) is 0 Å². The molecular formula is C18H28BaO3S. The topological polar surface area (TPSA) is 43.4 Å². The summed E-state index contributed by atoms with van der Waals surface area (Å²) in [5.74, 6) is 0. The molecule has 1 rings (SSSR count). The van der Waals surface area contributed by atoms with Gasteiger partial charge in [0.2, 0.25) is 0 Å². The minimum absolute atomic E-state index is 0. The van der Waals surface area contributed by atoms with E-state index in [2.05, 4.69) is 6.92 Å². The molecule has 0 N–H and O–H groups in total. The molecule has 0 saturated carbocycles. The third kappa shape index (κ3) is 11.5. The smallest absolute Gasteiger partial charge is 0.338 e. The molecule has 126 valence electrons. The molecule has 0 spiro atoms. The second kappa shape index (κ2) is 14.6. The molecule has 0 unspecified atom stereocenters.